The molecular weight excluding hydrogens is 294 g/mol. The first-order valence-corrected chi connectivity index (χ1v) is 8.10. The number of H-pyrrole nitrogens is 1. The average Bonchev–Trinajstić information content (AvgIpc) is 3.12. The molecule has 2 fully saturated rings. The van der Waals surface area contributed by atoms with Gasteiger partial charge in [0.2, 0.25) is 5.89 Å². The first-order valence-electron chi connectivity index (χ1n) is 8.10. The summed E-state index contributed by atoms with van der Waals surface area (Å²) in [6, 6.07) is 1.88. The van der Waals surface area contributed by atoms with Crippen LogP contribution in [0.2, 0.25) is 0 Å². The summed E-state index contributed by atoms with van der Waals surface area (Å²) in [4.78, 5) is 24.3. The van der Waals surface area contributed by atoms with Gasteiger partial charge in [-0.2, -0.15) is 4.98 Å². The van der Waals surface area contributed by atoms with Crippen LogP contribution in [-0.2, 0) is 0 Å². The molecule has 0 bridgehead atoms. The van der Waals surface area contributed by atoms with E-state index in [9.17, 15) is 4.79 Å². The fourth-order valence-corrected chi connectivity index (χ4v) is 3.05. The highest BCUT2D eigenvalue weighted by molar-refractivity contribution is 5.94. The minimum Gasteiger partial charge on any atom is -0.357 e. The molecule has 7 heteroatoms. The van der Waals surface area contributed by atoms with E-state index in [0.717, 1.165) is 30.8 Å². The van der Waals surface area contributed by atoms with Crippen LogP contribution in [0.25, 0.3) is 0 Å². The molecule has 1 saturated carbocycles. The average molecular weight is 315 g/mol. The van der Waals surface area contributed by atoms with Crippen LogP contribution < -0.4 is 0 Å². The first kappa shape index (κ1) is 14.4. The Kier molecular flexibility index (Phi) is 3.45. The van der Waals surface area contributed by atoms with E-state index in [2.05, 4.69) is 20.0 Å². The Morgan fingerprint density at radius 1 is 1.39 bits per heavy atom. The third-order valence-electron chi connectivity index (χ3n) is 4.79. The molecule has 2 aliphatic rings. The molecule has 4 rings (SSSR count). The lowest BCUT2D eigenvalue weighted by Gasteiger charge is -2.37. The van der Waals surface area contributed by atoms with Gasteiger partial charge in [-0.25, -0.2) is 0 Å². The molecular formula is C16H21N5O2. The Labute approximate surface area is 134 Å². The predicted octanol–water partition coefficient (Wildman–Crippen LogP) is 1.71. The number of hydrogen-bond acceptors (Lipinski definition) is 5. The van der Waals surface area contributed by atoms with Gasteiger partial charge in [0.1, 0.15) is 11.7 Å². The smallest absolute Gasteiger partial charge is 0.270 e. The van der Waals surface area contributed by atoms with Crippen LogP contribution in [0.5, 0.6) is 0 Å². The van der Waals surface area contributed by atoms with Crippen LogP contribution in [0.15, 0.2) is 16.8 Å². The van der Waals surface area contributed by atoms with E-state index in [1.54, 1.807) is 6.20 Å². The lowest BCUT2D eigenvalue weighted by atomic mass is 10.1. The molecule has 1 amide bonds. The minimum atomic E-state index is -0.0389. The molecule has 122 valence electrons. The number of aryl methyl sites for hydroxylation is 1. The van der Waals surface area contributed by atoms with Gasteiger partial charge in [-0.1, -0.05) is 5.16 Å². The van der Waals surface area contributed by atoms with Crippen molar-refractivity contribution in [2.24, 2.45) is 0 Å². The third kappa shape index (κ3) is 2.65. The standard InChI is InChI=1S/C16H21N5O2/c1-10-5-6-17-13(10)16(22)21-8-7-20(2)12(9-21)15-18-14(19-23-15)11-3-4-11/h5-6,11-12,17H,3-4,7-9H2,1-2H3/t12-/m1/s1. The number of aromatic amines is 1. The van der Waals surface area contributed by atoms with E-state index < -0.39 is 0 Å². The van der Waals surface area contributed by atoms with Gasteiger partial charge >= 0.3 is 0 Å². The number of carbonyl (C=O) groups is 1. The highest BCUT2D eigenvalue weighted by Gasteiger charge is 2.35. The second kappa shape index (κ2) is 5.49. The molecule has 7 nitrogen and oxygen atoms in total. The Bertz CT molecular complexity index is 718. The minimum absolute atomic E-state index is 0.0348. The predicted molar refractivity (Wildman–Crippen MR) is 83.1 cm³/mol. The monoisotopic (exact) mass is 315 g/mol. The zero-order valence-electron chi connectivity index (χ0n) is 13.5. The number of amides is 1. The van der Waals surface area contributed by atoms with E-state index in [1.165, 1.54) is 0 Å². The number of piperazine rings is 1. The second-order valence-corrected chi connectivity index (χ2v) is 6.55. The number of hydrogen-bond donors (Lipinski definition) is 1. The van der Waals surface area contributed by atoms with Crippen molar-refractivity contribution < 1.29 is 9.32 Å². The summed E-state index contributed by atoms with van der Waals surface area (Å²) in [5.41, 5.74) is 1.64. The fraction of sp³-hybridized carbons (Fsp3) is 0.562. The maximum absolute atomic E-state index is 12.7. The number of nitrogens with one attached hydrogen (secondary N) is 1. The molecule has 1 aliphatic heterocycles. The van der Waals surface area contributed by atoms with Gasteiger partial charge in [-0.15, -0.1) is 0 Å². The maximum Gasteiger partial charge on any atom is 0.270 e. The highest BCUT2D eigenvalue weighted by Crippen LogP contribution is 2.38. The summed E-state index contributed by atoms with van der Waals surface area (Å²) in [5, 5.41) is 4.10. The van der Waals surface area contributed by atoms with Gasteiger partial charge in [0.05, 0.1) is 0 Å². The lowest BCUT2D eigenvalue weighted by Crippen LogP contribution is -2.49. The van der Waals surface area contributed by atoms with E-state index >= 15 is 0 Å². The molecule has 1 N–H and O–H groups in total. The van der Waals surface area contributed by atoms with Gasteiger partial charge in [-0.3, -0.25) is 9.69 Å². The molecule has 1 aliphatic carbocycles. The molecule has 0 spiro atoms. The van der Waals surface area contributed by atoms with Crippen molar-refractivity contribution in [3.8, 4) is 0 Å². The van der Waals surface area contributed by atoms with Gasteiger partial charge in [-0.05, 0) is 38.4 Å². The van der Waals surface area contributed by atoms with Crippen molar-refractivity contribution in [3.05, 3.63) is 35.2 Å². The maximum atomic E-state index is 12.7. The normalized spacial score (nSPS) is 22.5. The summed E-state index contributed by atoms with van der Waals surface area (Å²) in [7, 11) is 2.04. The summed E-state index contributed by atoms with van der Waals surface area (Å²) in [5.74, 6) is 1.94. The quantitative estimate of drug-likeness (QED) is 0.933. The Morgan fingerprint density at radius 3 is 2.91 bits per heavy atom. The van der Waals surface area contributed by atoms with Gasteiger partial charge < -0.3 is 14.4 Å². The van der Waals surface area contributed by atoms with Crippen LogP contribution in [0, 0.1) is 6.92 Å². The Hall–Kier alpha value is -2.15. The molecule has 23 heavy (non-hydrogen) atoms. The van der Waals surface area contributed by atoms with Crippen LogP contribution in [-0.4, -0.2) is 57.5 Å². The van der Waals surface area contributed by atoms with Crippen molar-refractivity contribution in [1.82, 2.24) is 24.9 Å². The van der Waals surface area contributed by atoms with Crippen LogP contribution in [0.3, 0.4) is 0 Å². The molecule has 2 aromatic heterocycles. The van der Waals surface area contributed by atoms with E-state index in [-0.39, 0.29) is 11.9 Å². The summed E-state index contributed by atoms with van der Waals surface area (Å²) < 4.78 is 5.47. The Balaban J connectivity index is 1.53. The fourth-order valence-electron chi connectivity index (χ4n) is 3.05. The Morgan fingerprint density at radius 2 is 2.22 bits per heavy atom. The lowest BCUT2D eigenvalue weighted by molar-refractivity contribution is 0.0484. The molecule has 0 radical (unpaired) electrons. The third-order valence-corrected chi connectivity index (χ3v) is 4.79. The molecule has 2 aromatic rings. The SMILES string of the molecule is Cc1cc[nH]c1C(=O)N1CCN(C)[C@@H](c2nc(C3CC3)no2)C1. The van der Waals surface area contributed by atoms with Crippen LogP contribution in [0.4, 0.5) is 0 Å². The number of rotatable bonds is 3. The number of carbonyl (C=O) groups excluding carboxylic acids is 1. The van der Waals surface area contributed by atoms with Gasteiger partial charge in [0, 0.05) is 31.7 Å². The summed E-state index contributed by atoms with van der Waals surface area (Å²) in [6.45, 7) is 4.00. The number of likely N-dealkylation sites (N-methyl/N-ethyl adjacent to an activating group) is 1. The topological polar surface area (TPSA) is 78.3 Å². The van der Waals surface area contributed by atoms with Crippen LogP contribution in [0.1, 0.15) is 52.6 Å². The van der Waals surface area contributed by atoms with Crippen molar-refractivity contribution >= 4 is 5.91 Å². The largest absolute Gasteiger partial charge is 0.357 e. The number of nitrogens with zero attached hydrogens (tertiary/aromatic N) is 4. The van der Waals surface area contributed by atoms with Crippen molar-refractivity contribution in [3.63, 3.8) is 0 Å². The van der Waals surface area contributed by atoms with Crippen molar-refractivity contribution in [2.45, 2.75) is 31.7 Å². The molecule has 0 aromatic carbocycles. The van der Waals surface area contributed by atoms with E-state index in [1.807, 2.05) is 24.9 Å². The molecule has 1 saturated heterocycles. The molecule has 3 heterocycles. The number of aromatic nitrogens is 3. The second-order valence-electron chi connectivity index (χ2n) is 6.55. The first-order chi connectivity index (χ1) is 11.1. The van der Waals surface area contributed by atoms with E-state index in [4.69, 9.17) is 4.52 Å². The van der Waals surface area contributed by atoms with E-state index in [0.29, 0.717) is 30.6 Å². The zero-order chi connectivity index (χ0) is 16.0. The molecule has 0 unspecified atom stereocenters. The molecule has 1 atom stereocenters. The van der Waals surface area contributed by atoms with Gasteiger partial charge in [0.15, 0.2) is 5.82 Å². The summed E-state index contributed by atoms with van der Waals surface area (Å²) in [6.07, 6.45) is 4.10. The van der Waals surface area contributed by atoms with Crippen LogP contribution >= 0.6 is 0 Å². The van der Waals surface area contributed by atoms with Gasteiger partial charge in [0.25, 0.3) is 5.91 Å². The zero-order valence-corrected chi connectivity index (χ0v) is 13.5. The van der Waals surface area contributed by atoms with Crippen molar-refractivity contribution in [1.29, 1.82) is 0 Å². The highest BCUT2D eigenvalue weighted by atomic mass is 16.5. The van der Waals surface area contributed by atoms with Crippen molar-refractivity contribution in [2.75, 3.05) is 26.7 Å². The summed E-state index contributed by atoms with van der Waals surface area (Å²) >= 11 is 0.